The van der Waals surface area contributed by atoms with E-state index in [4.69, 9.17) is 0 Å². The van der Waals surface area contributed by atoms with Crippen molar-refractivity contribution in [3.63, 3.8) is 0 Å². The third-order valence-corrected chi connectivity index (χ3v) is 3.87. The minimum atomic E-state index is 0.171. The lowest BCUT2D eigenvalue weighted by molar-refractivity contribution is -0.121. The highest BCUT2D eigenvalue weighted by Gasteiger charge is 2.22. The predicted octanol–water partition coefficient (Wildman–Crippen LogP) is 3.20. The van der Waals surface area contributed by atoms with Crippen LogP contribution in [0, 0.1) is 5.92 Å². The van der Waals surface area contributed by atoms with Gasteiger partial charge >= 0.3 is 0 Å². The zero-order valence-corrected chi connectivity index (χ0v) is 13.5. The van der Waals surface area contributed by atoms with E-state index in [9.17, 15) is 4.79 Å². The topological polar surface area (TPSA) is 41.1 Å². The molecule has 0 radical (unpaired) electrons. The Morgan fingerprint density at radius 3 is 2.43 bits per heavy atom. The van der Waals surface area contributed by atoms with Gasteiger partial charge in [-0.3, -0.25) is 4.79 Å². The number of carbonyl (C=O) groups is 1. The molecule has 1 aromatic carbocycles. The van der Waals surface area contributed by atoms with Crippen LogP contribution >= 0.6 is 0 Å². The van der Waals surface area contributed by atoms with E-state index < -0.39 is 0 Å². The fourth-order valence-corrected chi connectivity index (χ4v) is 2.46. The first-order valence-corrected chi connectivity index (χ1v) is 8.16. The smallest absolute Gasteiger partial charge is 0.221 e. The van der Waals surface area contributed by atoms with Gasteiger partial charge in [0, 0.05) is 25.0 Å². The number of benzene rings is 1. The summed E-state index contributed by atoms with van der Waals surface area (Å²) in [4.78, 5) is 11.6. The number of hydrogen-bond acceptors (Lipinski definition) is 2. The predicted molar refractivity (Wildman–Crippen MR) is 87.2 cm³/mol. The van der Waals surface area contributed by atoms with Crippen molar-refractivity contribution < 1.29 is 4.79 Å². The lowest BCUT2D eigenvalue weighted by Crippen LogP contribution is -2.30. The highest BCUT2D eigenvalue weighted by atomic mass is 16.1. The zero-order valence-electron chi connectivity index (χ0n) is 13.5. The van der Waals surface area contributed by atoms with E-state index in [0.717, 1.165) is 25.8 Å². The minimum Gasteiger partial charge on any atom is -0.353 e. The van der Waals surface area contributed by atoms with Crippen LogP contribution in [0.3, 0.4) is 0 Å². The summed E-state index contributed by atoms with van der Waals surface area (Å²) in [7, 11) is 0. The van der Waals surface area contributed by atoms with Crippen LogP contribution in [0.2, 0.25) is 0 Å². The second-order valence-electron chi connectivity index (χ2n) is 6.61. The molecule has 21 heavy (non-hydrogen) atoms. The third-order valence-electron chi connectivity index (χ3n) is 3.87. The van der Waals surface area contributed by atoms with Gasteiger partial charge in [0.25, 0.3) is 0 Å². The molecule has 2 N–H and O–H groups in total. The average Bonchev–Trinajstić information content (AvgIpc) is 3.22. The van der Waals surface area contributed by atoms with E-state index in [0.29, 0.717) is 18.4 Å². The molecule has 3 heteroatoms. The quantitative estimate of drug-likeness (QED) is 0.771. The Kier molecular flexibility index (Phi) is 5.80. The van der Waals surface area contributed by atoms with Crippen molar-refractivity contribution in [3.05, 3.63) is 35.4 Å². The molecular formula is C18H28N2O. The van der Waals surface area contributed by atoms with Gasteiger partial charge in [-0.15, -0.1) is 0 Å². The molecular weight excluding hydrogens is 260 g/mol. The van der Waals surface area contributed by atoms with E-state index in [1.807, 2.05) is 0 Å². The second kappa shape index (κ2) is 7.60. The average molecular weight is 288 g/mol. The van der Waals surface area contributed by atoms with Crippen molar-refractivity contribution >= 4 is 5.91 Å². The molecule has 3 nitrogen and oxygen atoms in total. The molecule has 1 aliphatic carbocycles. The maximum Gasteiger partial charge on any atom is 0.221 e. The summed E-state index contributed by atoms with van der Waals surface area (Å²) >= 11 is 0. The van der Waals surface area contributed by atoms with Crippen LogP contribution in [0.15, 0.2) is 24.3 Å². The number of hydrogen-bond donors (Lipinski definition) is 2. The molecule has 0 bridgehead atoms. The highest BCUT2D eigenvalue weighted by molar-refractivity contribution is 5.76. The van der Waals surface area contributed by atoms with Gasteiger partial charge in [-0.25, -0.2) is 0 Å². The van der Waals surface area contributed by atoms with Crippen molar-refractivity contribution in [2.75, 3.05) is 6.54 Å². The maximum absolute atomic E-state index is 11.6. The van der Waals surface area contributed by atoms with Gasteiger partial charge in [0.15, 0.2) is 0 Å². The molecule has 1 aliphatic rings. The molecule has 1 amide bonds. The molecule has 0 aromatic heterocycles. The van der Waals surface area contributed by atoms with Crippen LogP contribution in [0.1, 0.15) is 57.2 Å². The van der Waals surface area contributed by atoms with Crippen molar-refractivity contribution in [2.45, 2.75) is 58.5 Å². The largest absolute Gasteiger partial charge is 0.353 e. The van der Waals surface area contributed by atoms with Crippen molar-refractivity contribution in [3.8, 4) is 0 Å². The Balaban J connectivity index is 1.71. The molecule has 1 atom stereocenters. The lowest BCUT2D eigenvalue weighted by Gasteiger charge is -2.15. The van der Waals surface area contributed by atoms with E-state index in [-0.39, 0.29) is 11.9 Å². The molecule has 2 rings (SSSR count). The summed E-state index contributed by atoms with van der Waals surface area (Å²) in [6.45, 7) is 7.36. The summed E-state index contributed by atoms with van der Waals surface area (Å²) in [5.41, 5.74) is 2.68. The molecule has 0 saturated heterocycles. The molecule has 0 aliphatic heterocycles. The lowest BCUT2D eigenvalue weighted by atomic mass is 10.00. The van der Waals surface area contributed by atoms with Crippen LogP contribution < -0.4 is 10.6 Å². The second-order valence-corrected chi connectivity index (χ2v) is 6.61. The Morgan fingerprint density at radius 2 is 1.86 bits per heavy atom. The summed E-state index contributed by atoms with van der Waals surface area (Å²) in [5, 5.41) is 6.44. The molecule has 1 aromatic rings. The first-order valence-electron chi connectivity index (χ1n) is 8.16. The van der Waals surface area contributed by atoms with Crippen LogP contribution in [-0.4, -0.2) is 18.5 Å². The maximum atomic E-state index is 11.6. The number of nitrogens with one attached hydrogen (secondary N) is 2. The van der Waals surface area contributed by atoms with E-state index in [1.165, 1.54) is 11.1 Å². The molecule has 0 spiro atoms. The fraction of sp³-hybridized carbons (Fsp3) is 0.611. The van der Waals surface area contributed by atoms with Gasteiger partial charge in [-0.05, 0) is 43.2 Å². The Morgan fingerprint density at radius 1 is 1.19 bits per heavy atom. The van der Waals surface area contributed by atoms with E-state index >= 15 is 0 Å². The monoisotopic (exact) mass is 288 g/mol. The van der Waals surface area contributed by atoms with Gasteiger partial charge < -0.3 is 10.6 Å². The minimum absolute atomic E-state index is 0.171. The van der Waals surface area contributed by atoms with E-state index in [1.54, 1.807) is 0 Å². The summed E-state index contributed by atoms with van der Waals surface area (Å²) in [6, 6.07) is 9.56. The fourth-order valence-electron chi connectivity index (χ4n) is 2.46. The van der Waals surface area contributed by atoms with Crippen LogP contribution in [-0.2, 0) is 11.2 Å². The van der Waals surface area contributed by atoms with Crippen LogP contribution in [0.5, 0.6) is 0 Å². The molecule has 1 unspecified atom stereocenters. The van der Waals surface area contributed by atoms with Gasteiger partial charge in [0.2, 0.25) is 5.91 Å². The first kappa shape index (κ1) is 16.0. The molecule has 1 fully saturated rings. The zero-order chi connectivity index (χ0) is 15.2. The molecule has 116 valence electrons. The molecule has 1 saturated carbocycles. The van der Waals surface area contributed by atoms with E-state index in [2.05, 4.69) is 55.7 Å². The molecule has 0 heterocycles. The number of carbonyl (C=O) groups excluding carboxylic acids is 1. The van der Waals surface area contributed by atoms with Gasteiger partial charge in [0.1, 0.15) is 0 Å². The number of rotatable bonds is 8. The van der Waals surface area contributed by atoms with Gasteiger partial charge in [-0.2, -0.15) is 0 Å². The Labute approximate surface area is 128 Å². The van der Waals surface area contributed by atoms with Crippen molar-refractivity contribution in [1.29, 1.82) is 0 Å². The van der Waals surface area contributed by atoms with Crippen molar-refractivity contribution in [2.24, 2.45) is 5.92 Å². The summed E-state index contributed by atoms with van der Waals surface area (Å²) in [6.07, 6.45) is 3.99. The number of amides is 1. The SMILES string of the molecule is CC(C)Cc1ccc(C(C)NCCC(=O)NC2CC2)cc1. The summed E-state index contributed by atoms with van der Waals surface area (Å²) < 4.78 is 0. The Hall–Kier alpha value is -1.35. The van der Waals surface area contributed by atoms with Crippen molar-refractivity contribution in [1.82, 2.24) is 10.6 Å². The summed E-state index contributed by atoms with van der Waals surface area (Å²) in [5.74, 6) is 0.862. The normalized spacial score (nSPS) is 16.0. The Bertz CT molecular complexity index is 449. The van der Waals surface area contributed by atoms with Crippen LogP contribution in [0.4, 0.5) is 0 Å². The first-order chi connectivity index (χ1) is 10.0. The van der Waals surface area contributed by atoms with Gasteiger partial charge in [0.05, 0.1) is 0 Å². The highest BCUT2D eigenvalue weighted by Crippen LogP contribution is 2.18. The van der Waals surface area contributed by atoms with Crippen LogP contribution in [0.25, 0.3) is 0 Å². The third kappa shape index (κ3) is 5.88. The standard InChI is InChI=1S/C18H28N2O/c1-13(2)12-15-4-6-16(7-5-15)14(3)19-11-10-18(21)20-17-8-9-17/h4-7,13-14,17,19H,8-12H2,1-3H3,(H,20,21). The van der Waals surface area contributed by atoms with Gasteiger partial charge in [-0.1, -0.05) is 38.1 Å².